The van der Waals surface area contributed by atoms with Gasteiger partial charge in [-0.1, -0.05) is 12.1 Å². The molecule has 2 N–H and O–H groups in total. The van der Waals surface area contributed by atoms with Gasteiger partial charge in [-0.3, -0.25) is 14.2 Å². The number of hydrogen-bond acceptors (Lipinski definition) is 3. The number of para-hydroxylation sites is 1. The minimum absolute atomic E-state index is 0.0322. The van der Waals surface area contributed by atoms with E-state index in [1.807, 2.05) is 0 Å². The normalized spacial score (nSPS) is 10.8. The second-order valence-electron chi connectivity index (χ2n) is 5.71. The maximum absolute atomic E-state index is 13.5. The first-order chi connectivity index (χ1) is 12.5. The first kappa shape index (κ1) is 17.5. The Labute approximate surface area is 146 Å². The number of H-pyrrole nitrogens is 1. The number of hydrogen-bond donors (Lipinski definition) is 2. The van der Waals surface area contributed by atoms with Crippen LogP contribution in [0.2, 0.25) is 0 Å². The van der Waals surface area contributed by atoms with Crippen LogP contribution in [0.5, 0.6) is 0 Å². The average molecular weight is 359 g/mol. The lowest BCUT2D eigenvalue weighted by molar-refractivity contribution is -0.116. The summed E-state index contributed by atoms with van der Waals surface area (Å²) < 4.78 is 27.4. The number of carbonyl (C=O) groups excluding carboxylic acids is 1. The third-order valence-corrected chi connectivity index (χ3v) is 3.88. The molecule has 0 bridgehead atoms. The van der Waals surface area contributed by atoms with Gasteiger partial charge in [0.2, 0.25) is 5.91 Å². The van der Waals surface area contributed by atoms with Crippen LogP contribution in [0.4, 0.5) is 14.5 Å². The zero-order chi connectivity index (χ0) is 18.7. The molecule has 0 aliphatic heterocycles. The number of carbonyl (C=O) groups is 1. The van der Waals surface area contributed by atoms with Gasteiger partial charge >= 0.3 is 5.69 Å². The number of fused-ring (bicyclic) bond motifs is 1. The zero-order valence-corrected chi connectivity index (χ0v) is 13.6. The molecule has 6 nitrogen and oxygen atoms in total. The highest BCUT2D eigenvalue weighted by molar-refractivity contribution is 5.90. The SMILES string of the molecule is O=C(CCCn1c(=O)[nH]c2ccccc2c1=O)Nc1ccc(F)cc1F. The van der Waals surface area contributed by atoms with Crippen molar-refractivity contribution < 1.29 is 13.6 Å². The van der Waals surface area contributed by atoms with E-state index in [0.717, 1.165) is 16.7 Å². The van der Waals surface area contributed by atoms with Crippen LogP contribution in [0.1, 0.15) is 12.8 Å². The highest BCUT2D eigenvalue weighted by Crippen LogP contribution is 2.15. The van der Waals surface area contributed by atoms with E-state index in [4.69, 9.17) is 0 Å². The van der Waals surface area contributed by atoms with Crippen molar-refractivity contribution in [3.8, 4) is 0 Å². The van der Waals surface area contributed by atoms with Crippen molar-refractivity contribution >= 4 is 22.5 Å². The number of nitrogens with one attached hydrogen (secondary N) is 2. The minimum Gasteiger partial charge on any atom is -0.324 e. The molecule has 1 heterocycles. The summed E-state index contributed by atoms with van der Waals surface area (Å²) in [6, 6.07) is 9.47. The van der Waals surface area contributed by atoms with E-state index < -0.39 is 28.8 Å². The Hall–Kier alpha value is -3.29. The third-order valence-electron chi connectivity index (χ3n) is 3.88. The van der Waals surface area contributed by atoms with Crippen LogP contribution < -0.4 is 16.6 Å². The van der Waals surface area contributed by atoms with Gasteiger partial charge in [-0.05, 0) is 30.7 Å². The van der Waals surface area contributed by atoms with Gasteiger partial charge in [0, 0.05) is 19.0 Å². The summed E-state index contributed by atoms with van der Waals surface area (Å²) in [6.07, 6.45) is 0.172. The zero-order valence-electron chi connectivity index (χ0n) is 13.6. The highest BCUT2D eigenvalue weighted by Gasteiger charge is 2.10. The summed E-state index contributed by atoms with van der Waals surface area (Å²) in [4.78, 5) is 38.9. The fourth-order valence-corrected chi connectivity index (χ4v) is 2.60. The van der Waals surface area contributed by atoms with Crippen LogP contribution in [-0.4, -0.2) is 15.5 Å². The Kier molecular flexibility index (Phi) is 4.92. The van der Waals surface area contributed by atoms with Crippen LogP contribution in [0.25, 0.3) is 10.9 Å². The lowest BCUT2D eigenvalue weighted by atomic mass is 10.2. The van der Waals surface area contributed by atoms with Crippen molar-refractivity contribution in [1.29, 1.82) is 0 Å². The first-order valence-corrected chi connectivity index (χ1v) is 7.92. The Morgan fingerprint density at radius 1 is 1.12 bits per heavy atom. The maximum atomic E-state index is 13.5. The molecule has 0 fully saturated rings. The van der Waals surface area contributed by atoms with Crippen molar-refractivity contribution in [2.75, 3.05) is 5.32 Å². The maximum Gasteiger partial charge on any atom is 0.328 e. The van der Waals surface area contributed by atoms with Gasteiger partial charge in [-0.15, -0.1) is 0 Å². The second-order valence-corrected chi connectivity index (χ2v) is 5.71. The number of nitrogens with zero attached hydrogens (tertiary/aromatic N) is 1. The molecule has 1 aromatic heterocycles. The smallest absolute Gasteiger partial charge is 0.324 e. The van der Waals surface area contributed by atoms with Gasteiger partial charge < -0.3 is 10.3 Å². The van der Waals surface area contributed by atoms with Gasteiger partial charge in [0.15, 0.2) is 0 Å². The van der Waals surface area contributed by atoms with Crippen molar-refractivity contribution in [2.45, 2.75) is 19.4 Å². The van der Waals surface area contributed by atoms with E-state index in [1.165, 1.54) is 0 Å². The number of aromatic nitrogens is 2. The summed E-state index contributed by atoms with van der Waals surface area (Å²) in [5.74, 6) is -2.11. The van der Waals surface area contributed by atoms with Crippen molar-refractivity contribution in [2.24, 2.45) is 0 Å². The van der Waals surface area contributed by atoms with E-state index in [0.29, 0.717) is 17.0 Å². The van der Waals surface area contributed by atoms with Crippen LogP contribution in [0, 0.1) is 11.6 Å². The lowest BCUT2D eigenvalue weighted by Crippen LogP contribution is -2.35. The molecule has 3 rings (SSSR count). The molecule has 0 atom stereocenters. The van der Waals surface area contributed by atoms with Gasteiger partial charge in [-0.25, -0.2) is 13.6 Å². The van der Waals surface area contributed by atoms with Gasteiger partial charge in [0.25, 0.3) is 5.56 Å². The van der Waals surface area contributed by atoms with E-state index in [1.54, 1.807) is 24.3 Å². The second kappa shape index (κ2) is 7.30. The topological polar surface area (TPSA) is 84.0 Å². The molecule has 8 heteroatoms. The molecule has 0 radical (unpaired) electrons. The molecular weight excluding hydrogens is 344 g/mol. The summed E-state index contributed by atoms with van der Waals surface area (Å²) >= 11 is 0. The van der Waals surface area contributed by atoms with Crippen molar-refractivity contribution in [3.63, 3.8) is 0 Å². The van der Waals surface area contributed by atoms with E-state index in [2.05, 4.69) is 10.3 Å². The van der Waals surface area contributed by atoms with E-state index in [-0.39, 0.29) is 25.1 Å². The number of amides is 1. The monoisotopic (exact) mass is 359 g/mol. The fourth-order valence-electron chi connectivity index (χ4n) is 2.60. The summed E-state index contributed by atoms with van der Waals surface area (Å²) in [6.45, 7) is 0.0400. The summed E-state index contributed by atoms with van der Waals surface area (Å²) in [5.41, 5.74) is -0.673. The average Bonchev–Trinajstić information content (AvgIpc) is 2.60. The van der Waals surface area contributed by atoms with Crippen LogP contribution in [0.3, 0.4) is 0 Å². The predicted molar refractivity (Wildman–Crippen MR) is 93.1 cm³/mol. The standard InChI is InChI=1S/C18H15F2N3O3/c19-11-7-8-15(13(20)10-11)21-16(24)6-3-9-23-17(25)12-4-1-2-5-14(12)22-18(23)26/h1-2,4-5,7-8,10H,3,6,9H2,(H,21,24)(H,22,26). The summed E-state index contributed by atoms with van der Waals surface area (Å²) in [7, 11) is 0. The molecule has 0 saturated carbocycles. The molecule has 1 amide bonds. The molecule has 0 unspecified atom stereocenters. The third kappa shape index (κ3) is 3.69. The Balaban J connectivity index is 1.66. The Bertz CT molecular complexity index is 1090. The predicted octanol–water partition coefficient (Wildman–Crippen LogP) is 2.39. The quantitative estimate of drug-likeness (QED) is 0.734. The van der Waals surface area contributed by atoms with Gasteiger partial charge in [0.1, 0.15) is 11.6 Å². The van der Waals surface area contributed by atoms with Gasteiger partial charge in [0.05, 0.1) is 16.6 Å². The van der Waals surface area contributed by atoms with Gasteiger partial charge in [-0.2, -0.15) is 0 Å². The molecule has 0 spiro atoms. The molecule has 0 aliphatic carbocycles. The van der Waals surface area contributed by atoms with E-state index >= 15 is 0 Å². The number of halogens is 2. The van der Waals surface area contributed by atoms with Crippen LogP contribution in [0.15, 0.2) is 52.1 Å². The Morgan fingerprint density at radius 2 is 1.88 bits per heavy atom. The number of benzene rings is 2. The highest BCUT2D eigenvalue weighted by atomic mass is 19.1. The number of aromatic amines is 1. The minimum atomic E-state index is -0.874. The van der Waals surface area contributed by atoms with Crippen LogP contribution in [-0.2, 0) is 11.3 Å². The molecule has 3 aromatic rings. The largest absolute Gasteiger partial charge is 0.328 e. The Morgan fingerprint density at radius 3 is 2.65 bits per heavy atom. The molecule has 0 saturated heterocycles. The molecule has 134 valence electrons. The molecule has 26 heavy (non-hydrogen) atoms. The van der Waals surface area contributed by atoms with E-state index in [9.17, 15) is 23.2 Å². The summed E-state index contributed by atoms with van der Waals surface area (Å²) in [5, 5.41) is 2.71. The van der Waals surface area contributed by atoms with Crippen molar-refractivity contribution in [3.05, 3.63) is 74.9 Å². The fraction of sp³-hybridized carbons (Fsp3) is 0.167. The molecule has 2 aromatic carbocycles. The molecule has 0 aliphatic rings. The molecular formula is C18H15F2N3O3. The number of rotatable bonds is 5. The van der Waals surface area contributed by atoms with Crippen molar-refractivity contribution in [1.82, 2.24) is 9.55 Å². The number of anilines is 1. The first-order valence-electron chi connectivity index (χ1n) is 7.92. The van der Waals surface area contributed by atoms with Crippen LogP contribution >= 0.6 is 0 Å². The lowest BCUT2D eigenvalue weighted by Gasteiger charge is -2.08.